The highest BCUT2D eigenvalue weighted by Gasteiger charge is 2.33. The number of aryl methyl sites for hydroxylation is 1. The smallest absolute Gasteiger partial charge is 0.253 e. The molecule has 0 N–H and O–H groups in total. The maximum atomic E-state index is 13.1. The van der Waals surface area contributed by atoms with Crippen LogP contribution in [-0.4, -0.2) is 44.3 Å². The first kappa shape index (κ1) is 20.2. The minimum absolute atomic E-state index is 0.0580. The van der Waals surface area contributed by atoms with Gasteiger partial charge in [0.2, 0.25) is 0 Å². The number of carbonyl (C=O) groups excluding carboxylic acids is 1. The number of nitrogens with zero attached hydrogens (tertiary/aromatic N) is 5. The maximum Gasteiger partial charge on any atom is 0.253 e. The number of ether oxygens (including phenoxy) is 1. The lowest BCUT2D eigenvalue weighted by Gasteiger charge is -2.22. The monoisotopic (exact) mass is 421 g/mol. The van der Waals surface area contributed by atoms with E-state index in [1.165, 1.54) is 11.8 Å². The van der Waals surface area contributed by atoms with Crippen molar-refractivity contribution in [1.82, 2.24) is 19.8 Å². The highest BCUT2D eigenvalue weighted by molar-refractivity contribution is 7.99. The van der Waals surface area contributed by atoms with E-state index < -0.39 is 0 Å². The van der Waals surface area contributed by atoms with Gasteiger partial charge in [-0.05, 0) is 30.2 Å². The average molecular weight is 422 g/mol. The Bertz CT molecular complexity index is 1030. The molecule has 4 rings (SSSR count). The maximum absolute atomic E-state index is 13.1. The van der Waals surface area contributed by atoms with Crippen molar-refractivity contribution < 1.29 is 9.53 Å². The van der Waals surface area contributed by atoms with Crippen LogP contribution in [0.15, 0.2) is 71.2 Å². The van der Waals surface area contributed by atoms with Crippen LogP contribution in [0.1, 0.15) is 30.5 Å². The zero-order valence-corrected chi connectivity index (χ0v) is 17.7. The van der Waals surface area contributed by atoms with E-state index in [9.17, 15) is 4.79 Å². The molecule has 7 nitrogen and oxygen atoms in total. The minimum Gasteiger partial charge on any atom is -0.497 e. The Morgan fingerprint density at radius 2 is 1.93 bits per heavy atom. The molecule has 0 saturated heterocycles. The molecule has 1 atom stereocenters. The van der Waals surface area contributed by atoms with E-state index in [2.05, 4.69) is 10.2 Å². The summed E-state index contributed by atoms with van der Waals surface area (Å²) in [6, 6.07) is 17.7. The predicted octanol–water partition coefficient (Wildman–Crippen LogP) is 3.78. The number of thioether (sulfide) groups is 1. The Labute approximate surface area is 179 Å². The lowest BCUT2D eigenvalue weighted by Crippen LogP contribution is -2.28. The standard InChI is InChI=1S/C22H23N5O2S/c1-3-26-15-23-24-22(26)30-14-21(28)27-20(17-9-11-18(29-2)12-10-17)13-19(25-27)16-7-5-4-6-8-16/h4-12,15,20H,3,13-14H2,1-2H3/t20-/m1/s1. The van der Waals surface area contributed by atoms with Crippen LogP contribution in [-0.2, 0) is 11.3 Å². The van der Waals surface area contributed by atoms with Gasteiger partial charge in [-0.25, -0.2) is 5.01 Å². The molecular formula is C22H23N5O2S. The summed E-state index contributed by atoms with van der Waals surface area (Å²) in [5, 5.41) is 15.1. The van der Waals surface area contributed by atoms with Gasteiger partial charge in [0.15, 0.2) is 5.16 Å². The van der Waals surface area contributed by atoms with Gasteiger partial charge in [-0.15, -0.1) is 10.2 Å². The lowest BCUT2D eigenvalue weighted by atomic mass is 9.98. The summed E-state index contributed by atoms with van der Waals surface area (Å²) < 4.78 is 7.19. The van der Waals surface area contributed by atoms with Crippen molar-refractivity contribution in [2.75, 3.05) is 12.9 Å². The van der Waals surface area contributed by atoms with Gasteiger partial charge in [-0.2, -0.15) is 5.10 Å². The van der Waals surface area contributed by atoms with Crippen LogP contribution in [0.4, 0.5) is 0 Å². The first-order valence-corrected chi connectivity index (χ1v) is 10.8. The van der Waals surface area contributed by atoms with Crippen LogP contribution in [0.3, 0.4) is 0 Å². The summed E-state index contributed by atoms with van der Waals surface area (Å²) in [6.45, 7) is 2.78. The lowest BCUT2D eigenvalue weighted by molar-refractivity contribution is -0.130. The van der Waals surface area contributed by atoms with E-state index in [4.69, 9.17) is 9.84 Å². The second-order valence-corrected chi connectivity index (χ2v) is 7.77. The topological polar surface area (TPSA) is 72.6 Å². The number of hydrazone groups is 1. The molecule has 0 saturated carbocycles. The molecule has 2 heterocycles. The van der Waals surface area contributed by atoms with Crippen LogP contribution in [0.5, 0.6) is 5.75 Å². The third kappa shape index (κ3) is 4.23. The van der Waals surface area contributed by atoms with Crippen molar-refractivity contribution in [3.05, 3.63) is 72.1 Å². The molecule has 30 heavy (non-hydrogen) atoms. The molecule has 0 spiro atoms. The molecule has 154 valence electrons. The molecular weight excluding hydrogens is 398 g/mol. The molecule has 1 amide bonds. The van der Waals surface area contributed by atoms with E-state index >= 15 is 0 Å². The highest BCUT2D eigenvalue weighted by atomic mass is 32.2. The molecule has 0 unspecified atom stereocenters. The normalized spacial score (nSPS) is 15.9. The van der Waals surface area contributed by atoms with Crippen LogP contribution in [0.2, 0.25) is 0 Å². The van der Waals surface area contributed by atoms with E-state index in [-0.39, 0.29) is 17.7 Å². The Hall–Kier alpha value is -3.13. The quantitative estimate of drug-likeness (QED) is 0.543. The summed E-state index contributed by atoms with van der Waals surface area (Å²) in [4.78, 5) is 13.1. The third-order valence-corrected chi connectivity index (χ3v) is 5.98. The predicted molar refractivity (Wildman–Crippen MR) is 117 cm³/mol. The summed E-state index contributed by atoms with van der Waals surface area (Å²) in [5.74, 6) is 0.974. The van der Waals surface area contributed by atoms with Gasteiger partial charge in [0.05, 0.1) is 24.6 Å². The summed E-state index contributed by atoms with van der Waals surface area (Å²) >= 11 is 1.38. The zero-order chi connectivity index (χ0) is 20.9. The summed E-state index contributed by atoms with van der Waals surface area (Å²) in [6.07, 6.45) is 2.34. The van der Waals surface area contributed by atoms with Crippen molar-refractivity contribution in [3.8, 4) is 5.75 Å². The van der Waals surface area contributed by atoms with Crippen molar-refractivity contribution in [1.29, 1.82) is 0 Å². The first-order chi connectivity index (χ1) is 14.7. The molecule has 8 heteroatoms. The SMILES string of the molecule is CCn1cnnc1SCC(=O)N1N=C(c2ccccc2)C[C@@H]1c1ccc(OC)cc1. The third-order valence-electron chi connectivity index (χ3n) is 5.02. The molecule has 1 aromatic heterocycles. The van der Waals surface area contributed by atoms with Crippen molar-refractivity contribution in [2.45, 2.75) is 31.1 Å². The van der Waals surface area contributed by atoms with Gasteiger partial charge < -0.3 is 9.30 Å². The molecule has 0 aliphatic carbocycles. The second kappa shape index (κ2) is 9.13. The number of aromatic nitrogens is 3. The van der Waals surface area contributed by atoms with Crippen molar-refractivity contribution >= 4 is 23.4 Å². The molecule has 2 aromatic carbocycles. The van der Waals surface area contributed by atoms with Gasteiger partial charge in [-0.1, -0.05) is 54.2 Å². The van der Waals surface area contributed by atoms with Crippen LogP contribution in [0, 0.1) is 0 Å². The van der Waals surface area contributed by atoms with Crippen LogP contribution < -0.4 is 4.74 Å². The van der Waals surface area contributed by atoms with Gasteiger partial charge in [0, 0.05) is 13.0 Å². The van der Waals surface area contributed by atoms with Crippen LogP contribution >= 0.6 is 11.8 Å². The fraction of sp³-hybridized carbons (Fsp3) is 0.273. The van der Waals surface area contributed by atoms with Crippen molar-refractivity contribution in [2.24, 2.45) is 5.10 Å². The number of benzene rings is 2. The fourth-order valence-corrected chi connectivity index (χ4v) is 4.23. The second-order valence-electron chi connectivity index (χ2n) is 6.83. The average Bonchev–Trinajstić information content (AvgIpc) is 3.45. The van der Waals surface area contributed by atoms with Crippen molar-refractivity contribution in [3.63, 3.8) is 0 Å². The van der Waals surface area contributed by atoms with E-state index in [1.807, 2.05) is 66.1 Å². The largest absolute Gasteiger partial charge is 0.497 e. The van der Waals surface area contributed by atoms with E-state index in [0.717, 1.165) is 34.3 Å². The number of amides is 1. The highest BCUT2D eigenvalue weighted by Crippen LogP contribution is 2.34. The van der Waals surface area contributed by atoms with Gasteiger partial charge in [0.25, 0.3) is 5.91 Å². The molecule has 0 bridgehead atoms. The number of hydrogen-bond acceptors (Lipinski definition) is 6. The minimum atomic E-state index is -0.150. The van der Waals surface area contributed by atoms with Gasteiger partial charge >= 0.3 is 0 Å². The Morgan fingerprint density at radius 3 is 2.63 bits per heavy atom. The summed E-state index contributed by atoms with van der Waals surface area (Å²) in [5.41, 5.74) is 2.97. The number of rotatable bonds is 7. The Kier molecular flexibility index (Phi) is 6.13. The van der Waals surface area contributed by atoms with Crippen LogP contribution in [0.25, 0.3) is 0 Å². The molecule has 3 aromatic rings. The number of hydrogen-bond donors (Lipinski definition) is 0. The number of carbonyl (C=O) groups is 1. The van der Waals surface area contributed by atoms with Gasteiger partial charge in [0.1, 0.15) is 12.1 Å². The summed E-state index contributed by atoms with van der Waals surface area (Å²) in [7, 11) is 1.64. The Morgan fingerprint density at radius 1 is 1.17 bits per heavy atom. The first-order valence-electron chi connectivity index (χ1n) is 9.79. The van der Waals surface area contributed by atoms with E-state index in [0.29, 0.717) is 6.42 Å². The molecule has 0 fully saturated rings. The Balaban J connectivity index is 1.57. The molecule has 1 aliphatic heterocycles. The van der Waals surface area contributed by atoms with Gasteiger partial charge in [-0.3, -0.25) is 4.79 Å². The zero-order valence-electron chi connectivity index (χ0n) is 16.9. The van der Waals surface area contributed by atoms with E-state index in [1.54, 1.807) is 18.4 Å². The molecule has 0 radical (unpaired) electrons. The molecule has 1 aliphatic rings. The fourth-order valence-electron chi connectivity index (χ4n) is 3.40. The number of methoxy groups -OCH3 is 1.